The molecule has 2 rings (SSSR count). The van der Waals surface area contributed by atoms with Crippen molar-refractivity contribution in [3.63, 3.8) is 0 Å². The highest BCUT2D eigenvalue weighted by atomic mass is 35.5. The van der Waals surface area contributed by atoms with E-state index in [2.05, 4.69) is 10.6 Å². The molecule has 1 amide bonds. The topological polar surface area (TPSA) is 41.1 Å². The number of rotatable bonds is 5. The van der Waals surface area contributed by atoms with Gasteiger partial charge in [-0.15, -0.1) is 12.4 Å². The molecule has 0 radical (unpaired) electrons. The number of nitrogens with one attached hydrogen (secondary N) is 2. The molecular weight excluding hydrogens is 291 g/mol. The van der Waals surface area contributed by atoms with E-state index in [1.807, 2.05) is 6.92 Å². The fraction of sp³-hybridized carbons (Fsp3) is 0.562. The number of halogens is 2. The minimum Gasteiger partial charge on any atom is -0.356 e. The van der Waals surface area contributed by atoms with E-state index in [1.165, 1.54) is 12.5 Å². The molecule has 1 aliphatic heterocycles. The van der Waals surface area contributed by atoms with Crippen LogP contribution in [0.1, 0.15) is 25.3 Å². The molecule has 118 valence electrons. The third-order valence-corrected chi connectivity index (χ3v) is 3.90. The van der Waals surface area contributed by atoms with Crippen molar-refractivity contribution in [3.05, 3.63) is 35.6 Å². The summed E-state index contributed by atoms with van der Waals surface area (Å²) in [5.41, 5.74) is 0.606. The number of carbonyl (C=O) groups is 1. The Hall–Kier alpha value is -1.13. The molecule has 1 fully saturated rings. The van der Waals surface area contributed by atoms with Gasteiger partial charge in [-0.05, 0) is 49.9 Å². The number of carbonyl (C=O) groups excluding carboxylic acids is 1. The molecule has 1 aromatic rings. The summed E-state index contributed by atoms with van der Waals surface area (Å²) in [6.07, 6.45) is 2.78. The average Bonchev–Trinajstić information content (AvgIpc) is 2.48. The highest BCUT2D eigenvalue weighted by Crippen LogP contribution is 2.13. The molecule has 2 atom stereocenters. The lowest BCUT2D eigenvalue weighted by atomic mass is 9.97. The van der Waals surface area contributed by atoms with Crippen LogP contribution in [-0.2, 0) is 11.2 Å². The zero-order valence-corrected chi connectivity index (χ0v) is 13.2. The molecule has 2 unspecified atom stereocenters. The molecule has 0 saturated carbocycles. The van der Waals surface area contributed by atoms with Crippen LogP contribution in [0.15, 0.2) is 24.3 Å². The predicted molar refractivity (Wildman–Crippen MR) is 85.1 cm³/mol. The Kier molecular flexibility index (Phi) is 7.68. The molecule has 0 aromatic heterocycles. The summed E-state index contributed by atoms with van der Waals surface area (Å²) in [6.45, 7) is 4.62. The van der Waals surface area contributed by atoms with Gasteiger partial charge in [0.05, 0.1) is 0 Å². The Morgan fingerprint density at radius 1 is 1.48 bits per heavy atom. The van der Waals surface area contributed by atoms with Crippen LogP contribution in [0.5, 0.6) is 0 Å². The van der Waals surface area contributed by atoms with Crippen molar-refractivity contribution in [1.82, 2.24) is 10.6 Å². The van der Waals surface area contributed by atoms with Crippen molar-refractivity contribution in [2.45, 2.75) is 26.2 Å². The van der Waals surface area contributed by atoms with Gasteiger partial charge in [0.1, 0.15) is 5.82 Å². The second-order valence-corrected chi connectivity index (χ2v) is 5.65. The fourth-order valence-electron chi connectivity index (χ4n) is 2.60. The average molecular weight is 315 g/mol. The van der Waals surface area contributed by atoms with E-state index in [-0.39, 0.29) is 30.0 Å². The molecule has 0 bridgehead atoms. The van der Waals surface area contributed by atoms with E-state index in [0.29, 0.717) is 24.4 Å². The second-order valence-electron chi connectivity index (χ2n) is 5.65. The third kappa shape index (κ3) is 5.64. The van der Waals surface area contributed by atoms with Crippen LogP contribution >= 0.6 is 12.4 Å². The molecule has 0 aliphatic carbocycles. The summed E-state index contributed by atoms with van der Waals surface area (Å²) < 4.78 is 13.6. The fourth-order valence-corrected chi connectivity index (χ4v) is 2.60. The summed E-state index contributed by atoms with van der Waals surface area (Å²) in [4.78, 5) is 12.0. The Labute approximate surface area is 132 Å². The number of piperidine rings is 1. The molecule has 0 spiro atoms. The maximum absolute atomic E-state index is 13.6. The number of amides is 1. The summed E-state index contributed by atoms with van der Waals surface area (Å²) >= 11 is 0. The normalized spacial score (nSPS) is 19.4. The van der Waals surface area contributed by atoms with Gasteiger partial charge in [-0.1, -0.05) is 25.1 Å². The monoisotopic (exact) mass is 314 g/mol. The van der Waals surface area contributed by atoms with Gasteiger partial charge in [0.2, 0.25) is 5.91 Å². The minimum atomic E-state index is -0.233. The lowest BCUT2D eigenvalue weighted by molar-refractivity contribution is -0.124. The maximum Gasteiger partial charge on any atom is 0.223 e. The highest BCUT2D eigenvalue weighted by Gasteiger charge is 2.18. The Morgan fingerprint density at radius 2 is 2.24 bits per heavy atom. The Morgan fingerprint density at radius 3 is 2.90 bits per heavy atom. The van der Waals surface area contributed by atoms with Crippen LogP contribution in [0.3, 0.4) is 0 Å². The molecule has 3 nitrogen and oxygen atoms in total. The number of benzene rings is 1. The largest absolute Gasteiger partial charge is 0.356 e. The van der Waals surface area contributed by atoms with Gasteiger partial charge < -0.3 is 10.6 Å². The molecule has 1 heterocycles. The number of hydrogen-bond acceptors (Lipinski definition) is 2. The van der Waals surface area contributed by atoms with Crippen molar-refractivity contribution in [2.75, 3.05) is 19.6 Å². The van der Waals surface area contributed by atoms with E-state index in [4.69, 9.17) is 0 Å². The van der Waals surface area contributed by atoms with Crippen LogP contribution in [-0.4, -0.2) is 25.5 Å². The Balaban J connectivity index is 0.00000220. The zero-order chi connectivity index (χ0) is 14.4. The van der Waals surface area contributed by atoms with E-state index in [1.54, 1.807) is 18.2 Å². The van der Waals surface area contributed by atoms with Crippen molar-refractivity contribution in [1.29, 1.82) is 0 Å². The van der Waals surface area contributed by atoms with Gasteiger partial charge in [-0.25, -0.2) is 4.39 Å². The highest BCUT2D eigenvalue weighted by molar-refractivity contribution is 5.85. The van der Waals surface area contributed by atoms with E-state index in [0.717, 1.165) is 19.5 Å². The summed E-state index contributed by atoms with van der Waals surface area (Å²) in [5, 5.41) is 6.32. The van der Waals surface area contributed by atoms with Gasteiger partial charge in [0.15, 0.2) is 0 Å². The van der Waals surface area contributed by atoms with Crippen LogP contribution in [0.2, 0.25) is 0 Å². The SMILES string of the molecule is CC(Cc1ccccc1F)C(=O)NCC1CCCNC1.Cl. The van der Waals surface area contributed by atoms with Crippen LogP contribution in [0.25, 0.3) is 0 Å². The van der Waals surface area contributed by atoms with Crippen LogP contribution < -0.4 is 10.6 Å². The lowest BCUT2D eigenvalue weighted by Gasteiger charge is -2.23. The molecular formula is C16H24ClFN2O. The minimum absolute atomic E-state index is 0. The molecule has 1 aromatic carbocycles. The van der Waals surface area contributed by atoms with Gasteiger partial charge in [-0.2, -0.15) is 0 Å². The molecule has 1 saturated heterocycles. The van der Waals surface area contributed by atoms with Gasteiger partial charge in [0.25, 0.3) is 0 Å². The van der Waals surface area contributed by atoms with Gasteiger partial charge >= 0.3 is 0 Å². The second kappa shape index (κ2) is 9.00. The van der Waals surface area contributed by atoms with Gasteiger partial charge in [0, 0.05) is 12.5 Å². The number of hydrogen-bond donors (Lipinski definition) is 2. The predicted octanol–water partition coefficient (Wildman–Crippen LogP) is 2.54. The quantitative estimate of drug-likeness (QED) is 0.877. The van der Waals surface area contributed by atoms with Crippen LogP contribution in [0.4, 0.5) is 4.39 Å². The third-order valence-electron chi connectivity index (χ3n) is 3.90. The van der Waals surface area contributed by atoms with E-state index < -0.39 is 0 Å². The smallest absolute Gasteiger partial charge is 0.223 e. The summed E-state index contributed by atoms with van der Waals surface area (Å²) in [5.74, 6) is 0.0965. The Bertz CT molecular complexity index is 450. The van der Waals surface area contributed by atoms with E-state index >= 15 is 0 Å². The molecule has 21 heavy (non-hydrogen) atoms. The first-order valence-corrected chi connectivity index (χ1v) is 7.38. The van der Waals surface area contributed by atoms with Crippen molar-refractivity contribution in [2.24, 2.45) is 11.8 Å². The first-order chi connectivity index (χ1) is 9.66. The molecule has 1 aliphatic rings. The maximum atomic E-state index is 13.6. The first kappa shape index (κ1) is 17.9. The van der Waals surface area contributed by atoms with Crippen molar-refractivity contribution < 1.29 is 9.18 Å². The van der Waals surface area contributed by atoms with Crippen molar-refractivity contribution >= 4 is 18.3 Å². The standard InChI is InChI=1S/C16H23FN2O.ClH/c1-12(9-14-6-2-3-7-15(14)17)16(20)19-11-13-5-4-8-18-10-13;/h2-3,6-7,12-13,18H,4-5,8-11H2,1H3,(H,19,20);1H. The molecule has 2 N–H and O–H groups in total. The lowest BCUT2D eigenvalue weighted by Crippen LogP contribution is -2.40. The first-order valence-electron chi connectivity index (χ1n) is 7.38. The van der Waals surface area contributed by atoms with Gasteiger partial charge in [-0.3, -0.25) is 4.79 Å². The summed E-state index contributed by atoms with van der Waals surface area (Å²) in [7, 11) is 0. The zero-order valence-electron chi connectivity index (χ0n) is 12.4. The van der Waals surface area contributed by atoms with Crippen LogP contribution in [0, 0.1) is 17.7 Å². The summed E-state index contributed by atoms with van der Waals surface area (Å²) in [6, 6.07) is 6.65. The van der Waals surface area contributed by atoms with E-state index in [9.17, 15) is 9.18 Å². The van der Waals surface area contributed by atoms with Crippen molar-refractivity contribution in [3.8, 4) is 0 Å². The molecule has 5 heteroatoms.